The van der Waals surface area contributed by atoms with Crippen LogP contribution in [0.4, 0.5) is 11.4 Å². The maximum atomic E-state index is 11.9. The van der Waals surface area contributed by atoms with Crippen LogP contribution in [0.3, 0.4) is 0 Å². The standard InChI is InChI=1S/C14H15N5O6/c15-10-11(17-14(22)18-12(10)20)13(21)16-6-3-7-25-9-5-2-1-4-8(9)19(23)24/h1-2,4-5H,3,6-7,15H2,(H,16,21)(H2,17,18,20,22). The van der Waals surface area contributed by atoms with Crippen LogP contribution in [-0.4, -0.2) is 34.0 Å². The lowest BCUT2D eigenvalue weighted by atomic mass is 10.3. The van der Waals surface area contributed by atoms with Gasteiger partial charge in [-0.15, -0.1) is 0 Å². The van der Waals surface area contributed by atoms with Gasteiger partial charge in [-0.05, 0) is 12.5 Å². The summed E-state index contributed by atoms with van der Waals surface area (Å²) < 4.78 is 5.32. The highest BCUT2D eigenvalue weighted by Crippen LogP contribution is 2.25. The second-order valence-corrected chi connectivity index (χ2v) is 4.88. The monoisotopic (exact) mass is 349 g/mol. The van der Waals surface area contributed by atoms with Gasteiger partial charge in [0.05, 0.1) is 11.5 Å². The predicted octanol–water partition coefficient (Wildman–Crippen LogP) is -0.248. The molecule has 2 rings (SSSR count). The molecule has 1 aromatic carbocycles. The molecule has 0 bridgehead atoms. The Kier molecular flexibility index (Phi) is 5.50. The molecule has 0 fully saturated rings. The van der Waals surface area contributed by atoms with Gasteiger partial charge in [0.25, 0.3) is 11.5 Å². The van der Waals surface area contributed by atoms with Gasteiger partial charge in [0, 0.05) is 12.6 Å². The van der Waals surface area contributed by atoms with Gasteiger partial charge in [-0.1, -0.05) is 12.1 Å². The quantitative estimate of drug-likeness (QED) is 0.303. The molecule has 11 heteroatoms. The van der Waals surface area contributed by atoms with Crippen molar-refractivity contribution in [3.63, 3.8) is 0 Å². The fourth-order valence-electron chi connectivity index (χ4n) is 1.95. The van der Waals surface area contributed by atoms with Crippen molar-refractivity contribution in [2.45, 2.75) is 6.42 Å². The molecule has 1 amide bonds. The molecule has 0 aliphatic heterocycles. The van der Waals surface area contributed by atoms with E-state index in [0.717, 1.165) is 0 Å². The fourth-order valence-corrected chi connectivity index (χ4v) is 1.95. The zero-order valence-electron chi connectivity index (χ0n) is 12.9. The first-order valence-corrected chi connectivity index (χ1v) is 7.16. The number of para-hydroxylation sites is 2. The summed E-state index contributed by atoms with van der Waals surface area (Å²) in [6, 6.07) is 5.93. The number of nitrogen functional groups attached to an aromatic ring is 1. The molecule has 11 nitrogen and oxygen atoms in total. The van der Waals surface area contributed by atoms with Gasteiger partial charge in [-0.3, -0.25) is 24.7 Å². The van der Waals surface area contributed by atoms with Crippen LogP contribution in [0.5, 0.6) is 5.75 Å². The van der Waals surface area contributed by atoms with Crippen LogP contribution in [0.25, 0.3) is 0 Å². The molecule has 0 spiro atoms. The maximum Gasteiger partial charge on any atom is 0.326 e. The highest BCUT2D eigenvalue weighted by molar-refractivity contribution is 5.96. The van der Waals surface area contributed by atoms with Crippen molar-refractivity contribution in [3.8, 4) is 5.75 Å². The molecule has 5 N–H and O–H groups in total. The largest absolute Gasteiger partial charge is 0.487 e. The maximum absolute atomic E-state index is 11.9. The lowest BCUT2D eigenvalue weighted by Gasteiger charge is -2.08. The number of aromatic amines is 2. The summed E-state index contributed by atoms with van der Waals surface area (Å²) in [5, 5.41) is 13.3. The minimum absolute atomic E-state index is 0.118. The van der Waals surface area contributed by atoms with E-state index in [2.05, 4.69) is 10.3 Å². The van der Waals surface area contributed by atoms with E-state index in [4.69, 9.17) is 10.5 Å². The first-order chi connectivity index (χ1) is 11.9. The molecule has 132 valence electrons. The zero-order valence-corrected chi connectivity index (χ0v) is 12.9. The summed E-state index contributed by atoms with van der Waals surface area (Å²) in [5.74, 6) is -0.589. The lowest BCUT2D eigenvalue weighted by molar-refractivity contribution is -0.385. The van der Waals surface area contributed by atoms with Crippen LogP contribution in [-0.2, 0) is 0 Å². The Morgan fingerprint density at radius 3 is 2.72 bits per heavy atom. The first-order valence-electron chi connectivity index (χ1n) is 7.16. The number of hydrogen-bond acceptors (Lipinski definition) is 7. The van der Waals surface area contributed by atoms with Gasteiger partial charge in [-0.2, -0.15) is 0 Å². The Morgan fingerprint density at radius 2 is 2.00 bits per heavy atom. The molecule has 0 aliphatic rings. The van der Waals surface area contributed by atoms with E-state index in [1.807, 2.05) is 4.98 Å². The molecule has 1 heterocycles. The third kappa shape index (κ3) is 4.43. The first kappa shape index (κ1) is 17.7. The number of carbonyl (C=O) groups is 1. The second kappa shape index (κ2) is 7.77. The molecule has 2 aromatic rings. The molecular weight excluding hydrogens is 334 g/mol. The number of anilines is 1. The number of nitro benzene ring substituents is 1. The Labute approximate surface area is 140 Å². The SMILES string of the molecule is Nc1c(C(=O)NCCCOc2ccccc2[N+](=O)[O-])[nH]c(=O)[nH]c1=O. The second-order valence-electron chi connectivity index (χ2n) is 4.88. The Bertz CT molecular complexity index is 903. The minimum atomic E-state index is -0.853. The molecule has 0 aliphatic carbocycles. The van der Waals surface area contributed by atoms with E-state index < -0.39 is 27.8 Å². The van der Waals surface area contributed by atoms with Crippen molar-refractivity contribution in [2.24, 2.45) is 0 Å². The third-order valence-corrected chi connectivity index (χ3v) is 3.13. The third-order valence-electron chi connectivity index (χ3n) is 3.13. The highest BCUT2D eigenvalue weighted by Gasteiger charge is 2.15. The van der Waals surface area contributed by atoms with E-state index >= 15 is 0 Å². The van der Waals surface area contributed by atoms with Crippen LogP contribution in [0.2, 0.25) is 0 Å². The lowest BCUT2D eigenvalue weighted by Crippen LogP contribution is -2.34. The topological polar surface area (TPSA) is 173 Å². The summed E-state index contributed by atoms with van der Waals surface area (Å²) in [5.41, 5.74) is 2.87. The smallest absolute Gasteiger partial charge is 0.326 e. The molecule has 0 atom stereocenters. The summed E-state index contributed by atoms with van der Waals surface area (Å²) in [4.78, 5) is 48.7. The number of aromatic nitrogens is 2. The van der Waals surface area contributed by atoms with Crippen molar-refractivity contribution in [1.82, 2.24) is 15.3 Å². The summed E-state index contributed by atoms with van der Waals surface area (Å²) in [7, 11) is 0. The van der Waals surface area contributed by atoms with Crippen LogP contribution < -0.4 is 27.0 Å². The Balaban J connectivity index is 1.86. The summed E-state index contributed by atoms with van der Waals surface area (Å²) in [6.45, 7) is 0.264. The number of ether oxygens (including phenoxy) is 1. The van der Waals surface area contributed by atoms with Crippen LogP contribution in [0.1, 0.15) is 16.9 Å². The number of H-pyrrole nitrogens is 2. The number of nitrogens with zero attached hydrogens (tertiary/aromatic N) is 1. The van der Waals surface area contributed by atoms with Crippen molar-refractivity contribution in [2.75, 3.05) is 18.9 Å². The molecule has 25 heavy (non-hydrogen) atoms. The number of nitrogens with two attached hydrogens (primary N) is 1. The van der Waals surface area contributed by atoms with Crippen molar-refractivity contribution in [1.29, 1.82) is 0 Å². The Hall–Kier alpha value is -3.63. The number of hydrogen-bond donors (Lipinski definition) is 4. The number of rotatable bonds is 7. The normalized spacial score (nSPS) is 10.2. The molecule has 0 unspecified atom stereocenters. The van der Waals surface area contributed by atoms with E-state index in [1.165, 1.54) is 18.2 Å². The van der Waals surface area contributed by atoms with Gasteiger partial charge in [0.15, 0.2) is 5.75 Å². The van der Waals surface area contributed by atoms with E-state index in [0.29, 0.717) is 6.42 Å². The van der Waals surface area contributed by atoms with Crippen LogP contribution in [0, 0.1) is 10.1 Å². The highest BCUT2D eigenvalue weighted by atomic mass is 16.6. The van der Waals surface area contributed by atoms with Gasteiger partial charge in [0.1, 0.15) is 11.4 Å². The van der Waals surface area contributed by atoms with Crippen LogP contribution in [0.15, 0.2) is 33.9 Å². The van der Waals surface area contributed by atoms with Crippen LogP contribution >= 0.6 is 0 Å². The van der Waals surface area contributed by atoms with E-state index in [-0.39, 0.29) is 30.3 Å². The fraction of sp³-hybridized carbons (Fsp3) is 0.214. The number of benzene rings is 1. The summed E-state index contributed by atoms with van der Waals surface area (Å²) >= 11 is 0. The molecule has 1 aromatic heterocycles. The van der Waals surface area contributed by atoms with Crippen molar-refractivity contribution < 1.29 is 14.5 Å². The van der Waals surface area contributed by atoms with Gasteiger partial charge >= 0.3 is 11.4 Å². The van der Waals surface area contributed by atoms with Gasteiger partial charge < -0.3 is 20.8 Å². The minimum Gasteiger partial charge on any atom is -0.487 e. The van der Waals surface area contributed by atoms with E-state index in [1.54, 1.807) is 6.07 Å². The number of nitrogens with one attached hydrogen (secondary N) is 3. The number of nitro groups is 1. The van der Waals surface area contributed by atoms with Crippen molar-refractivity contribution in [3.05, 3.63) is 60.9 Å². The molecule has 0 radical (unpaired) electrons. The number of carbonyl (C=O) groups excluding carboxylic acids is 1. The van der Waals surface area contributed by atoms with Gasteiger partial charge in [-0.25, -0.2) is 4.79 Å². The Morgan fingerprint density at radius 1 is 1.28 bits per heavy atom. The zero-order chi connectivity index (χ0) is 18.4. The van der Waals surface area contributed by atoms with Crippen molar-refractivity contribution >= 4 is 17.3 Å². The summed E-state index contributed by atoms with van der Waals surface area (Å²) in [6.07, 6.45) is 0.338. The molecular formula is C14H15N5O6. The molecule has 0 saturated carbocycles. The molecule has 0 saturated heterocycles. The van der Waals surface area contributed by atoms with E-state index in [9.17, 15) is 24.5 Å². The number of amides is 1. The van der Waals surface area contributed by atoms with Gasteiger partial charge in [0.2, 0.25) is 0 Å². The predicted molar refractivity (Wildman–Crippen MR) is 87.6 cm³/mol. The average molecular weight is 349 g/mol. The average Bonchev–Trinajstić information content (AvgIpc) is 2.57.